The second kappa shape index (κ2) is 7.70. The molecule has 0 aliphatic carbocycles. The Morgan fingerprint density at radius 1 is 1.24 bits per heavy atom. The Hall–Kier alpha value is -3.02. The summed E-state index contributed by atoms with van der Waals surface area (Å²) in [5, 5.41) is 7.86. The van der Waals surface area contributed by atoms with Crippen LogP contribution in [0.3, 0.4) is 0 Å². The Bertz CT molecular complexity index is 856. The molecule has 0 bridgehead atoms. The minimum atomic E-state index is -0.357. The number of aryl methyl sites for hydroxylation is 1. The van der Waals surface area contributed by atoms with Crippen molar-refractivity contribution in [1.29, 1.82) is 0 Å². The highest BCUT2D eigenvalue weighted by Crippen LogP contribution is 2.26. The molecule has 130 valence electrons. The smallest absolute Gasteiger partial charge is 0.219 e. The first kappa shape index (κ1) is 16.8. The molecule has 0 saturated carbocycles. The number of nitrogens with one attached hydrogen (secondary N) is 1. The lowest BCUT2D eigenvalue weighted by molar-refractivity contribution is -0.117. The third kappa shape index (κ3) is 4.50. The molecule has 6 nitrogen and oxygen atoms in total. The van der Waals surface area contributed by atoms with Gasteiger partial charge in [0.1, 0.15) is 5.75 Å². The molecule has 0 saturated heterocycles. The third-order valence-corrected chi connectivity index (χ3v) is 3.89. The first-order chi connectivity index (χ1) is 12.1. The molecule has 1 aromatic heterocycles. The van der Waals surface area contributed by atoms with E-state index < -0.39 is 0 Å². The lowest BCUT2D eigenvalue weighted by atomic mass is 10.1. The quantitative estimate of drug-likeness (QED) is 0.658. The zero-order valence-electron chi connectivity index (χ0n) is 14.1. The van der Waals surface area contributed by atoms with E-state index in [0.717, 1.165) is 17.6 Å². The minimum absolute atomic E-state index is 0.245. The molecule has 25 heavy (non-hydrogen) atoms. The molecule has 0 unspecified atom stereocenters. The van der Waals surface area contributed by atoms with Crippen molar-refractivity contribution in [2.24, 2.45) is 5.73 Å². The van der Waals surface area contributed by atoms with E-state index in [0.29, 0.717) is 24.6 Å². The van der Waals surface area contributed by atoms with Crippen LogP contribution in [0.4, 0.5) is 5.82 Å². The number of rotatable bonds is 8. The molecule has 0 aliphatic rings. The molecular weight excluding hydrogens is 318 g/mol. The van der Waals surface area contributed by atoms with Gasteiger partial charge in [-0.25, -0.2) is 0 Å². The summed E-state index contributed by atoms with van der Waals surface area (Å²) in [6, 6.07) is 14.0. The van der Waals surface area contributed by atoms with Crippen LogP contribution < -0.4 is 15.8 Å². The molecule has 3 aromatic rings. The van der Waals surface area contributed by atoms with E-state index in [1.54, 1.807) is 0 Å². The number of ether oxygens (including phenoxy) is 1. The number of carbonyl (C=O) groups excluding carboxylic acids is 1. The Morgan fingerprint density at radius 2 is 2.04 bits per heavy atom. The van der Waals surface area contributed by atoms with Crippen molar-refractivity contribution >= 4 is 22.7 Å². The Labute approximate surface area is 145 Å². The molecule has 1 heterocycles. The lowest BCUT2D eigenvalue weighted by Gasteiger charge is -2.06. The summed E-state index contributed by atoms with van der Waals surface area (Å²) in [4.78, 5) is 10.8. The van der Waals surface area contributed by atoms with E-state index in [2.05, 4.69) is 41.7 Å². The van der Waals surface area contributed by atoms with E-state index in [1.165, 1.54) is 11.1 Å². The van der Waals surface area contributed by atoms with Gasteiger partial charge < -0.3 is 20.3 Å². The van der Waals surface area contributed by atoms with Gasteiger partial charge in [0, 0.05) is 25.5 Å². The molecule has 0 spiro atoms. The van der Waals surface area contributed by atoms with Crippen molar-refractivity contribution in [1.82, 2.24) is 5.16 Å². The Kier molecular flexibility index (Phi) is 5.18. The molecule has 0 fully saturated rings. The van der Waals surface area contributed by atoms with Crippen molar-refractivity contribution in [2.45, 2.75) is 19.8 Å². The van der Waals surface area contributed by atoms with Gasteiger partial charge >= 0.3 is 0 Å². The summed E-state index contributed by atoms with van der Waals surface area (Å²) >= 11 is 0. The Morgan fingerprint density at radius 3 is 2.80 bits per heavy atom. The third-order valence-electron chi connectivity index (χ3n) is 3.89. The van der Waals surface area contributed by atoms with Crippen LogP contribution in [0.1, 0.15) is 17.5 Å². The molecular formula is C19H21N3O3. The van der Waals surface area contributed by atoms with Gasteiger partial charge in [-0.3, -0.25) is 4.79 Å². The number of fused-ring (bicyclic) bond motifs is 1. The van der Waals surface area contributed by atoms with Crippen LogP contribution in [0.25, 0.3) is 11.0 Å². The van der Waals surface area contributed by atoms with Gasteiger partial charge in [0.05, 0.1) is 12.0 Å². The van der Waals surface area contributed by atoms with E-state index in [-0.39, 0.29) is 12.3 Å². The van der Waals surface area contributed by atoms with E-state index in [1.807, 2.05) is 18.2 Å². The van der Waals surface area contributed by atoms with Gasteiger partial charge in [-0.05, 0) is 24.6 Å². The number of nitrogens with two attached hydrogens (primary N) is 1. The highest BCUT2D eigenvalue weighted by atomic mass is 16.5. The second-order valence-electron chi connectivity index (χ2n) is 5.92. The number of hydrogen-bond acceptors (Lipinski definition) is 5. The number of carbonyl (C=O) groups is 1. The summed E-state index contributed by atoms with van der Waals surface area (Å²) in [7, 11) is 0. The molecule has 1 amide bonds. The summed E-state index contributed by atoms with van der Waals surface area (Å²) in [5.74, 6) is 0.978. The number of hydrogen-bond donors (Lipinski definition) is 2. The maximum Gasteiger partial charge on any atom is 0.219 e. The van der Waals surface area contributed by atoms with Gasteiger partial charge in [-0.2, -0.15) is 0 Å². The molecule has 3 N–H and O–H groups in total. The zero-order chi connectivity index (χ0) is 17.6. The summed E-state index contributed by atoms with van der Waals surface area (Å²) in [6.07, 6.45) is 1.09. The largest absolute Gasteiger partial charge is 0.493 e. The predicted molar refractivity (Wildman–Crippen MR) is 96.7 cm³/mol. The molecule has 3 rings (SSSR count). The summed E-state index contributed by atoms with van der Waals surface area (Å²) in [6.45, 7) is 3.09. The lowest BCUT2D eigenvalue weighted by Crippen LogP contribution is -2.15. The van der Waals surface area contributed by atoms with Crippen LogP contribution in [0.15, 0.2) is 47.0 Å². The van der Waals surface area contributed by atoms with Gasteiger partial charge in [-0.15, -0.1) is 0 Å². The number of amides is 1. The summed E-state index contributed by atoms with van der Waals surface area (Å²) in [5.41, 5.74) is 8.25. The van der Waals surface area contributed by atoms with Crippen molar-refractivity contribution < 1.29 is 14.1 Å². The first-order valence-corrected chi connectivity index (χ1v) is 8.22. The van der Waals surface area contributed by atoms with Gasteiger partial charge in [-0.1, -0.05) is 35.0 Å². The van der Waals surface area contributed by atoms with Crippen LogP contribution in [0.2, 0.25) is 0 Å². The van der Waals surface area contributed by atoms with Crippen molar-refractivity contribution in [3.8, 4) is 5.75 Å². The van der Waals surface area contributed by atoms with E-state index in [9.17, 15) is 4.79 Å². The topological polar surface area (TPSA) is 90.4 Å². The first-order valence-electron chi connectivity index (χ1n) is 8.22. The SMILES string of the molecule is Cc1ccc(CCOc2ccc3c(NCCC(N)=O)noc3c2)cc1. The van der Waals surface area contributed by atoms with Crippen molar-refractivity contribution in [3.63, 3.8) is 0 Å². The summed E-state index contributed by atoms with van der Waals surface area (Å²) < 4.78 is 11.1. The number of nitrogens with zero attached hydrogens (tertiary/aromatic N) is 1. The number of primary amides is 1. The van der Waals surface area contributed by atoms with Crippen molar-refractivity contribution in [2.75, 3.05) is 18.5 Å². The average Bonchev–Trinajstić information content (AvgIpc) is 2.99. The molecule has 0 aliphatic heterocycles. The maximum atomic E-state index is 10.8. The predicted octanol–water partition coefficient (Wildman–Crippen LogP) is 3.05. The van der Waals surface area contributed by atoms with Crippen LogP contribution in [0, 0.1) is 6.92 Å². The van der Waals surface area contributed by atoms with Crippen LogP contribution >= 0.6 is 0 Å². The second-order valence-corrected chi connectivity index (χ2v) is 5.92. The number of anilines is 1. The fourth-order valence-electron chi connectivity index (χ4n) is 2.48. The molecule has 2 aromatic carbocycles. The zero-order valence-corrected chi connectivity index (χ0v) is 14.1. The minimum Gasteiger partial charge on any atom is -0.493 e. The van der Waals surface area contributed by atoms with Crippen molar-refractivity contribution in [3.05, 3.63) is 53.6 Å². The molecule has 0 atom stereocenters. The van der Waals surface area contributed by atoms with E-state index in [4.69, 9.17) is 15.0 Å². The fraction of sp³-hybridized carbons (Fsp3) is 0.263. The highest BCUT2D eigenvalue weighted by Gasteiger charge is 2.09. The van der Waals surface area contributed by atoms with E-state index >= 15 is 0 Å². The maximum absolute atomic E-state index is 10.8. The van der Waals surface area contributed by atoms with Crippen LogP contribution in [-0.4, -0.2) is 24.2 Å². The normalized spacial score (nSPS) is 10.8. The number of benzene rings is 2. The monoisotopic (exact) mass is 339 g/mol. The fourth-order valence-corrected chi connectivity index (χ4v) is 2.48. The molecule has 6 heteroatoms. The highest BCUT2D eigenvalue weighted by molar-refractivity contribution is 5.89. The van der Waals surface area contributed by atoms with Gasteiger partial charge in [0.2, 0.25) is 5.91 Å². The van der Waals surface area contributed by atoms with Gasteiger partial charge in [0.15, 0.2) is 11.4 Å². The average molecular weight is 339 g/mol. The van der Waals surface area contributed by atoms with Crippen LogP contribution in [-0.2, 0) is 11.2 Å². The standard InChI is InChI=1S/C19H21N3O3/c1-13-2-4-14(5-3-13)9-11-24-15-6-7-16-17(12-15)25-22-19(16)21-10-8-18(20)23/h2-7,12H,8-11H2,1H3,(H2,20,23)(H,21,22). The molecule has 0 radical (unpaired) electrons. The number of aromatic nitrogens is 1. The Balaban J connectivity index is 1.58. The van der Waals surface area contributed by atoms with Crippen LogP contribution in [0.5, 0.6) is 5.75 Å². The van der Waals surface area contributed by atoms with Gasteiger partial charge in [0.25, 0.3) is 0 Å².